The number of hydrogen-bond donors (Lipinski definition) is 2. The van der Waals surface area contributed by atoms with Crippen LogP contribution < -0.4 is 11.1 Å². The highest BCUT2D eigenvalue weighted by Crippen LogP contribution is 2.33. The van der Waals surface area contributed by atoms with Crippen LogP contribution in [0, 0.1) is 10.1 Å². The first-order chi connectivity index (χ1) is 7.97. The van der Waals surface area contributed by atoms with E-state index in [2.05, 4.69) is 5.32 Å². The fourth-order valence-electron chi connectivity index (χ4n) is 1.30. The standard InChI is InChI=1S/C10H12ClN3O3/c1-2-3-13-9-7(11)4-6(10(12)15)5-8(9)14(16)17/h4-5,13H,2-3H2,1H3,(H2,12,15). The molecule has 0 spiro atoms. The van der Waals surface area contributed by atoms with Crippen LogP contribution in [-0.4, -0.2) is 17.4 Å². The first-order valence-corrected chi connectivity index (χ1v) is 5.36. The number of carbonyl (C=O) groups is 1. The van der Waals surface area contributed by atoms with Gasteiger partial charge in [0.15, 0.2) is 0 Å². The van der Waals surface area contributed by atoms with Gasteiger partial charge in [-0.1, -0.05) is 18.5 Å². The normalized spacial score (nSPS) is 10.0. The minimum Gasteiger partial charge on any atom is -0.378 e. The second-order valence-electron chi connectivity index (χ2n) is 3.40. The molecule has 0 fully saturated rings. The molecule has 0 aliphatic heterocycles. The van der Waals surface area contributed by atoms with Crippen molar-refractivity contribution in [2.75, 3.05) is 11.9 Å². The fourth-order valence-corrected chi connectivity index (χ4v) is 1.58. The maximum absolute atomic E-state index is 11.0. The van der Waals surface area contributed by atoms with Crippen molar-refractivity contribution in [3.8, 4) is 0 Å². The smallest absolute Gasteiger partial charge is 0.294 e. The van der Waals surface area contributed by atoms with Crippen molar-refractivity contribution >= 4 is 28.9 Å². The summed E-state index contributed by atoms with van der Waals surface area (Å²) in [4.78, 5) is 21.2. The summed E-state index contributed by atoms with van der Waals surface area (Å²) < 4.78 is 0. The van der Waals surface area contributed by atoms with E-state index in [0.717, 1.165) is 12.5 Å². The number of benzene rings is 1. The molecule has 7 heteroatoms. The molecule has 92 valence electrons. The molecule has 0 atom stereocenters. The molecule has 1 aromatic carbocycles. The molecule has 0 radical (unpaired) electrons. The Morgan fingerprint density at radius 1 is 1.59 bits per heavy atom. The molecule has 0 saturated carbocycles. The molecule has 0 unspecified atom stereocenters. The number of anilines is 1. The maximum Gasteiger partial charge on any atom is 0.294 e. The van der Waals surface area contributed by atoms with Gasteiger partial charge in [0.05, 0.1) is 9.95 Å². The van der Waals surface area contributed by atoms with Crippen molar-refractivity contribution in [1.29, 1.82) is 0 Å². The third kappa shape index (κ3) is 3.07. The third-order valence-electron chi connectivity index (χ3n) is 2.10. The lowest BCUT2D eigenvalue weighted by Crippen LogP contribution is -2.12. The molecular formula is C10H12ClN3O3. The summed E-state index contributed by atoms with van der Waals surface area (Å²) in [7, 11) is 0. The van der Waals surface area contributed by atoms with Crippen LogP contribution in [0.5, 0.6) is 0 Å². The highest BCUT2D eigenvalue weighted by Gasteiger charge is 2.20. The van der Waals surface area contributed by atoms with Gasteiger partial charge >= 0.3 is 0 Å². The van der Waals surface area contributed by atoms with Gasteiger partial charge < -0.3 is 11.1 Å². The Labute approximate surface area is 103 Å². The Kier molecular flexibility index (Phi) is 4.28. The number of amides is 1. The quantitative estimate of drug-likeness (QED) is 0.624. The van der Waals surface area contributed by atoms with Crippen molar-refractivity contribution in [3.63, 3.8) is 0 Å². The number of halogens is 1. The molecule has 17 heavy (non-hydrogen) atoms. The van der Waals surface area contributed by atoms with E-state index in [1.54, 1.807) is 0 Å². The average Bonchev–Trinajstić information content (AvgIpc) is 2.26. The van der Waals surface area contributed by atoms with E-state index in [9.17, 15) is 14.9 Å². The molecule has 1 amide bonds. The number of nitro groups is 1. The highest BCUT2D eigenvalue weighted by atomic mass is 35.5. The SMILES string of the molecule is CCCNc1c(Cl)cc(C(N)=O)cc1[N+](=O)[O-]. The summed E-state index contributed by atoms with van der Waals surface area (Å²) in [5.74, 6) is -0.753. The first kappa shape index (κ1) is 13.2. The number of primary amides is 1. The zero-order valence-electron chi connectivity index (χ0n) is 9.20. The molecule has 6 nitrogen and oxygen atoms in total. The van der Waals surface area contributed by atoms with Crippen LogP contribution in [0.2, 0.25) is 5.02 Å². The summed E-state index contributed by atoms with van der Waals surface area (Å²) >= 11 is 5.88. The monoisotopic (exact) mass is 257 g/mol. The number of hydrogen-bond acceptors (Lipinski definition) is 4. The van der Waals surface area contributed by atoms with Gasteiger partial charge in [0.1, 0.15) is 5.69 Å². The van der Waals surface area contributed by atoms with Gasteiger partial charge in [-0.05, 0) is 12.5 Å². The number of nitrogens with two attached hydrogens (primary N) is 1. The Hall–Kier alpha value is -1.82. The Bertz CT molecular complexity index is 462. The molecular weight excluding hydrogens is 246 g/mol. The molecule has 1 rings (SSSR count). The minimum absolute atomic E-state index is 0.0174. The van der Waals surface area contributed by atoms with Crippen LogP contribution in [0.25, 0.3) is 0 Å². The summed E-state index contributed by atoms with van der Waals surface area (Å²) in [6.45, 7) is 2.47. The molecule has 0 saturated heterocycles. The molecule has 0 bridgehead atoms. The Morgan fingerprint density at radius 3 is 2.71 bits per heavy atom. The lowest BCUT2D eigenvalue weighted by Gasteiger charge is -2.09. The van der Waals surface area contributed by atoms with Gasteiger partial charge in [-0.2, -0.15) is 0 Å². The molecule has 0 heterocycles. The van der Waals surface area contributed by atoms with Crippen LogP contribution >= 0.6 is 11.6 Å². The molecule has 3 N–H and O–H groups in total. The largest absolute Gasteiger partial charge is 0.378 e. The fraction of sp³-hybridized carbons (Fsp3) is 0.300. The van der Waals surface area contributed by atoms with Gasteiger partial charge in [0, 0.05) is 18.2 Å². The molecule has 0 aliphatic carbocycles. The van der Waals surface area contributed by atoms with Gasteiger partial charge in [-0.15, -0.1) is 0 Å². The number of nitro benzene ring substituents is 1. The summed E-state index contributed by atoms with van der Waals surface area (Å²) in [5, 5.41) is 13.8. The summed E-state index contributed by atoms with van der Waals surface area (Å²) in [6.07, 6.45) is 0.797. The van der Waals surface area contributed by atoms with E-state index in [0.29, 0.717) is 6.54 Å². The molecule has 0 aliphatic rings. The lowest BCUT2D eigenvalue weighted by atomic mass is 10.1. The number of nitrogens with zero attached hydrogens (tertiary/aromatic N) is 1. The zero-order valence-corrected chi connectivity index (χ0v) is 9.95. The number of rotatable bonds is 5. The van der Waals surface area contributed by atoms with Gasteiger partial charge in [0.2, 0.25) is 5.91 Å². The van der Waals surface area contributed by atoms with Crippen LogP contribution in [0.3, 0.4) is 0 Å². The maximum atomic E-state index is 11.0. The van der Waals surface area contributed by atoms with Crippen LogP contribution in [0.1, 0.15) is 23.7 Å². The zero-order chi connectivity index (χ0) is 13.0. The first-order valence-electron chi connectivity index (χ1n) is 4.99. The van der Waals surface area contributed by atoms with E-state index in [-0.39, 0.29) is 22.0 Å². The van der Waals surface area contributed by atoms with Crippen LogP contribution in [0.15, 0.2) is 12.1 Å². The van der Waals surface area contributed by atoms with Crippen molar-refractivity contribution in [1.82, 2.24) is 0 Å². The molecule has 0 aromatic heterocycles. The number of nitrogens with one attached hydrogen (secondary N) is 1. The van der Waals surface area contributed by atoms with Gasteiger partial charge in [0.25, 0.3) is 5.69 Å². The van der Waals surface area contributed by atoms with Crippen molar-refractivity contribution in [3.05, 3.63) is 32.8 Å². The third-order valence-corrected chi connectivity index (χ3v) is 2.40. The van der Waals surface area contributed by atoms with Crippen LogP contribution in [0.4, 0.5) is 11.4 Å². The van der Waals surface area contributed by atoms with Crippen molar-refractivity contribution < 1.29 is 9.72 Å². The highest BCUT2D eigenvalue weighted by molar-refractivity contribution is 6.34. The van der Waals surface area contributed by atoms with Crippen molar-refractivity contribution in [2.24, 2.45) is 5.73 Å². The second kappa shape index (κ2) is 5.49. The summed E-state index contributed by atoms with van der Waals surface area (Å²) in [6, 6.07) is 2.43. The summed E-state index contributed by atoms with van der Waals surface area (Å²) in [5.41, 5.74) is 5.04. The lowest BCUT2D eigenvalue weighted by molar-refractivity contribution is -0.384. The topological polar surface area (TPSA) is 98.3 Å². The second-order valence-corrected chi connectivity index (χ2v) is 3.81. The Balaban J connectivity index is 3.28. The predicted molar refractivity (Wildman–Crippen MR) is 65.4 cm³/mol. The minimum atomic E-state index is -0.753. The van der Waals surface area contributed by atoms with E-state index in [4.69, 9.17) is 17.3 Å². The van der Waals surface area contributed by atoms with Crippen LogP contribution in [-0.2, 0) is 0 Å². The van der Waals surface area contributed by atoms with Gasteiger partial charge in [-0.25, -0.2) is 0 Å². The van der Waals surface area contributed by atoms with Gasteiger partial charge in [-0.3, -0.25) is 14.9 Å². The van der Waals surface area contributed by atoms with E-state index in [1.807, 2.05) is 6.92 Å². The van der Waals surface area contributed by atoms with E-state index >= 15 is 0 Å². The number of carbonyl (C=O) groups excluding carboxylic acids is 1. The Morgan fingerprint density at radius 2 is 2.24 bits per heavy atom. The predicted octanol–water partition coefficient (Wildman–Crippen LogP) is 2.17. The van der Waals surface area contributed by atoms with E-state index < -0.39 is 10.8 Å². The average molecular weight is 258 g/mol. The molecule has 1 aromatic rings. The van der Waals surface area contributed by atoms with Crippen molar-refractivity contribution in [2.45, 2.75) is 13.3 Å². The van der Waals surface area contributed by atoms with E-state index in [1.165, 1.54) is 6.07 Å².